The molecule has 0 saturated carbocycles. The Morgan fingerprint density at radius 1 is 1.05 bits per heavy atom. The molecular weight excluding hydrogens is 542 g/mol. The number of carbonyl (C=O) groups is 2. The van der Waals surface area contributed by atoms with E-state index in [0.29, 0.717) is 43.1 Å². The number of oxime groups is 1. The maximum Gasteiger partial charge on any atom is 0.342 e. The van der Waals surface area contributed by atoms with E-state index in [0.717, 1.165) is 32.4 Å². The number of amides is 1. The Kier molecular flexibility index (Phi) is 14.3. The zero-order valence-corrected chi connectivity index (χ0v) is 25.0. The van der Waals surface area contributed by atoms with Crippen molar-refractivity contribution in [3.63, 3.8) is 0 Å². The van der Waals surface area contributed by atoms with Crippen LogP contribution in [0.3, 0.4) is 0 Å². The summed E-state index contributed by atoms with van der Waals surface area (Å²) in [5.41, 5.74) is 7.49. The number of carbonyl (C=O) groups excluding carboxylic acids is 2. The van der Waals surface area contributed by atoms with E-state index in [2.05, 4.69) is 5.16 Å². The third kappa shape index (κ3) is 11.1. The zero-order chi connectivity index (χ0) is 30.2. The lowest BCUT2D eigenvalue weighted by atomic mass is 9.99. The maximum absolute atomic E-state index is 13.6. The smallest absolute Gasteiger partial charge is 0.342 e. The van der Waals surface area contributed by atoms with Crippen LogP contribution in [0.1, 0.15) is 68.8 Å². The molecule has 2 atom stereocenters. The summed E-state index contributed by atoms with van der Waals surface area (Å²) in [6.45, 7) is 7.70. The molecule has 42 heavy (non-hydrogen) atoms. The standard InChI is InChI=1S/C31H45N3O8/c1-4-37-21-39-27-18-24-17-26(33-41-20-29(35)34-15-7-6-8-16-34)14-10-13-25(32)12-9-11-23(3)42-31(36)30(24)28(19-27)40-22-38-5-2/h9-10,12,14,18-19,23,25H,4-8,11,13,15-17,20-22,32H2,1-3H3/b12-9+,14-10+,33-26-/t23-,25-/m1/s1. The number of rotatable bonds is 11. The Morgan fingerprint density at radius 3 is 2.52 bits per heavy atom. The van der Waals surface area contributed by atoms with E-state index in [1.165, 1.54) is 0 Å². The predicted octanol–water partition coefficient (Wildman–Crippen LogP) is 4.14. The highest BCUT2D eigenvalue weighted by molar-refractivity contribution is 6.00. The van der Waals surface area contributed by atoms with E-state index in [4.69, 9.17) is 34.3 Å². The minimum absolute atomic E-state index is 0.0223. The van der Waals surface area contributed by atoms with Crippen LogP contribution in [0.4, 0.5) is 0 Å². The van der Waals surface area contributed by atoms with E-state index in [9.17, 15) is 9.59 Å². The molecule has 0 aliphatic carbocycles. The average molecular weight is 588 g/mol. The number of benzene rings is 1. The van der Waals surface area contributed by atoms with Crippen LogP contribution < -0.4 is 15.2 Å². The molecule has 11 nitrogen and oxygen atoms in total. The Hall–Kier alpha value is -3.41. The minimum Gasteiger partial charge on any atom is -0.467 e. The first-order valence-electron chi connectivity index (χ1n) is 14.8. The average Bonchev–Trinajstić information content (AvgIpc) is 2.97. The second kappa shape index (κ2) is 18.2. The van der Waals surface area contributed by atoms with Crippen molar-refractivity contribution in [1.29, 1.82) is 0 Å². The first kappa shape index (κ1) is 33.1. The van der Waals surface area contributed by atoms with Crippen molar-refractivity contribution < 1.29 is 38.1 Å². The van der Waals surface area contributed by atoms with Gasteiger partial charge < -0.3 is 39.2 Å². The van der Waals surface area contributed by atoms with Gasteiger partial charge >= 0.3 is 5.97 Å². The first-order valence-corrected chi connectivity index (χ1v) is 14.8. The summed E-state index contributed by atoms with van der Waals surface area (Å²) in [7, 11) is 0. The molecule has 1 fully saturated rings. The number of nitrogens with two attached hydrogens (primary N) is 1. The van der Waals surface area contributed by atoms with E-state index in [1.54, 1.807) is 23.1 Å². The molecule has 2 heterocycles. The van der Waals surface area contributed by atoms with Crippen molar-refractivity contribution in [2.45, 2.75) is 71.4 Å². The van der Waals surface area contributed by atoms with Gasteiger partial charge in [0.25, 0.3) is 5.91 Å². The van der Waals surface area contributed by atoms with Gasteiger partial charge in [0.05, 0.1) is 5.71 Å². The molecule has 2 N–H and O–H groups in total. The molecule has 3 rings (SSSR count). The van der Waals surface area contributed by atoms with Gasteiger partial charge in [0.2, 0.25) is 0 Å². The highest BCUT2D eigenvalue weighted by Crippen LogP contribution is 2.32. The molecule has 0 unspecified atom stereocenters. The number of fused-ring (bicyclic) bond motifs is 1. The fourth-order valence-electron chi connectivity index (χ4n) is 4.49. The van der Waals surface area contributed by atoms with Crippen molar-refractivity contribution >= 4 is 17.6 Å². The maximum atomic E-state index is 13.6. The summed E-state index contributed by atoms with van der Waals surface area (Å²) in [5, 5.41) is 4.30. The number of cyclic esters (lactones) is 1. The van der Waals surface area contributed by atoms with Crippen LogP contribution in [-0.2, 0) is 30.3 Å². The van der Waals surface area contributed by atoms with Crippen LogP contribution in [0.25, 0.3) is 0 Å². The SMILES string of the molecule is CCOCOc1cc2c(c(OCOCC)c1)C(=O)O[C@H](C)C/C=C/[C@@H](N)C/C=C/C(=N/OCC(=O)N1CCCCC1)C2. The van der Waals surface area contributed by atoms with Crippen LogP contribution in [0.15, 0.2) is 41.6 Å². The largest absolute Gasteiger partial charge is 0.467 e. The zero-order valence-electron chi connectivity index (χ0n) is 25.0. The van der Waals surface area contributed by atoms with E-state index in [-0.39, 0.29) is 49.9 Å². The van der Waals surface area contributed by atoms with Crippen molar-refractivity contribution in [2.75, 3.05) is 46.5 Å². The summed E-state index contributed by atoms with van der Waals surface area (Å²) < 4.78 is 28.2. The van der Waals surface area contributed by atoms with Crippen molar-refractivity contribution in [1.82, 2.24) is 4.90 Å². The first-order chi connectivity index (χ1) is 20.4. The van der Waals surface area contributed by atoms with E-state index >= 15 is 0 Å². The number of piperidine rings is 1. The van der Waals surface area contributed by atoms with Gasteiger partial charge in [-0.3, -0.25) is 4.79 Å². The third-order valence-electron chi connectivity index (χ3n) is 6.70. The molecule has 0 bridgehead atoms. The Labute approximate surface area is 248 Å². The summed E-state index contributed by atoms with van der Waals surface area (Å²) >= 11 is 0. The fraction of sp³-hybridized carbons (Fsp3) is 0.581. The van der Waals surface area contributed by atoms with Gasteiger partial charge in [-0.1, -0.05) is 23.4 Å². The fourth-order valence-corrected chi connectivity index (χ4v) is 4.49. The lowest BCUT2D eigenvalue weighted by molar-refractivity contribution is -0.137. The van der Waals surface area contributed by atoms with E-state index < -0.39 is 12.1 Å². The molecule has 1 aromatic rings. The topological polar surface area (TPSA) is 131 Å². The second-order valence-corrected chi connectivity index (χ2v) is 10.1. The third-order valence-corrected chi connectivity index (χ3v) is 6.70. The molecule has 11 heteroatoms. The molecule has 0 radical (unpaired) electrons. The number of likely N-dealkylation sites (tertiary alicyclic amines) is 1. The lowest BCUT2D eigenvalue weighted by Crippen LogP contribution is -2.37. The van der Waals surface area contributed by atoms with Crippen LogP contribution in [0, 0.1) is 0 Å². The molecule has 1 aromatic carbocycles. The number of allylic oxidation sites excluding steroid dienone is 1. The highest BCUT2D eigenvalue weighted by atomic mass is 16.7. The predicted molar refractivity (Wildman–Crippen MR) is 159 cm³/mol. The van der Waals surface area contributed by atoms with Crippen LogP contribution in [-0.4, -0.2) is 81.1 Å². The number of hydrogen-bond acceptors (Lipinski definition) is 10. The minimum atomic E-state index is -0.556. The summed E-state index contributed by atoms with van der Waals surface area (Å²) in [5.74, 6) is 0.0240. The Balaban J connectivity index is 1.98. The monoisotopic (exact) mass is 587 g/mol. The van der Waals surface area contributed by atoms with Crippen molar-refractivity contribution in [2.24, 2.45) is 10.9 Å². The number of nitrogens with zero attached hydrogens (tertiary/aromatic N) is 2. The van der Waals surface area contributed by atoms with Gasteiger partial charge in [0.15, 0.2) is 20.2 Å². The van der Waals surface area contributed by atoms with Gasteiger partial charge in [-0.2, -0.15) is 0 Å². The van der Waals surface area contributed by atoms with Crippen molar-refractivity contribution in [3.8, 4) is 11.5 Å². The van der Waals surface area contributed by atoms with Gasteiger partial charge in [-0.25, -0.2) is 4.79 Å². The van der Waals surface area contributed by atoms with Crippen molar-refractivity contribution in [3.05, 3.63) is 47.6 Å². The molecule has 2 aliphatic heterocycles. The van der Waals surface area contributed by atoms with Crippen LogP contribution in [0.2, 0.25) is 0 Å². The number of hydrogen-bond donors (Lipinski definition) is 1. The molecule has 1 saturated heterocycles. The molecule has 232 valence electrons. The van der Waals surface area contributed by atoms with Crippen LogP contribution >= 0.6 is 0 Å². The van der Waals surface area contributed by atoms with Gasteiger partial charge in [0, 0.05) is 51.3 Å². The summed E-state index contributed by atoms with van der Waals surface area (Å²) in [6.07, 6.45) is 11.4. The number of esters is 1. The quantitative estimate of drug-likeness (QED) is 0.133. The summed E-state index contributed by atoms with van der Waals surface area (Å²) in [6, 6.07) is 3.12. The lowest BCUT2D eigenvalue weighted by Gasteiger charge is -2.26. The Bertz CT molecular complexity index is 1100. The molecule has 2 aliphatic rings. The molecule has 0 aromatic heterocycles. The molecule has 0 spiro atoms. The molecular formula is C31H45N3O8. The second-order valence-electron chi connectivity index (χ2n) is 10.1. The number of ether oxygens (including phenoxy) is 5. The van der Waals surface area contributed by atoms with Crippen LogP contribution in [0.5, 0.6) is 11.5 Å². The van der Waals surface area contributed by atoms with Gasteiger partial charge in [-0.15, -0.1) is 0 Å². The van der Waals surface area contributed by atoms with Gasteiger partial charge in [-0.05, 0) is 64.2 Å². The normalized spacial score (nSPS) is 22.4. The van der Waals surface area contributed by atoms with E-state index in [1.807, 2.05) is 39.0 Å². The van der Waals surface area contributed by atoms with Gasteiger partial charge in [0.1, 0.15) is 23.2 Å². The molecule has 1 amide bonds. The Morgan fingerprint density at radius 2 is 1.79 bits per heavy atom. The summed E-state index contributed by atoms with van der Waals surface area (Å²) in [4.78, 5) is 33.6. The highest BCUT2D eigenvalue weighted by Gasteiger charge is 2.24.